The summed E-state index contributed by atoms with van der Waals surface area (Å²) in [5.41, 5.74) is 1.32. The third kappa shape index (κ3) is 4.65. The normalized spacial score (nSPS) is 17.9. The number of rotatable bonds is 7. The van der Waals surface area contributed by atoms with Crippen LogP contribution in [0.5, 0.6) is 0 Å². The first-order valence-corrected chi connectivity index (χ1v) is 9.01. The maximum atomic E-state index is 10.5. The molecule has 5 heteroatoms. The average molecular weight is 328 g/mol. The Hall–Kier alpha value is -1.72. The number of aliphatic hydroxyl groups excluding tert-OH is 1. The molecule has 3 rings (SSSR count). The van der Waals surface area contributed by atoms with Crippen LogP contribution in [0.4, 0.5) is 0 Å². The van der Waals surface area contributed by atoms with E-state index in [0.29, 0.717) is 5.92 Å². The van der Waals surface area contributed by atoms with Gasteiger partial charge in [-0.25, -0.2) is 0 Å². The Morgan fingerprint density at radius 3 is 2.58 bits per heavy atom. The summed E-state index contributed by atoms with van der Waals surface area (Å²) >= 11 is 0. The molecule has 0 radical (unpaired) electrons. The highest BCUT2D eigenvalue weighted by molar-refractivity contribution is 5.14. The largest absolute Gasteiger partial charge is 0.393 e. The molecule has 130 valence electrons. The number of likely N-dealkylation sites (tertiary alicyclic amines) is 1. The van der Waals surface area contributed by atoms with E-state index in [1.807, 2.05) is 13.0 Å². The first-order valence-electron chi connectivity index (χ1n) is 9.01. The summed E-state index contributed by atoms with van der Waals surface area (Å²) in [6.07, 6.45) is 5.65. The Labute approximate surface area is 144 Å². The first-order chi connectivity index (χ1) is 11.7. The molecule has 1 fully saturated rings. The number of aliphatic hydroxyl groups is 1. The predicted octanol–water partition coefficient (Wildman–Crippen LogP) is 2.29. The number of hydrogen-bond acceptors (Lipinski definition) is 4. The van der Waals surface area contributed by atoms with Crippen molar-refractivity contribution in [1.29, 1.82) is 0 Å². The third-order valence-electron chi connectivity index (χ3n) is 5.21. The quantitative estimate of drug-likeness (QED) is 0.847. The molecule has 1 unspecified atom stereocenters. The van der Waals surface area contributed by atoms with Crippen LogP contribution in [0.1, 0.15) is 30.7 Å². The molecule has 0 aliphatic carbocycles. The van der Waals surface area contributed by atoms with Gasteiger partial charge in [-0.1, -0.05) is 30.3 Å². The lowest BCUT2D eigenvalue weighted by Gasteiger charge is -2.34. The molecule has 1 aliphatic rings. The van der Waals surface area contributed by atoms with Gasteiger partial charge in [0.1, 0.15) is 12.2 Å². The van der Waals surface area contributed by atoms with Crippen molar-refractivity contribution in [3.8, 4) is 0 Å². The molecular weight excluding hydrogens is 300 g/mol. The van der Waals surface area contributed by atoms with Crippen molar-refractivity contribution >= 4 is 0 Å². The van der Waals surface area contributed by atoms with Crippen LogP contribution < -0.4 is 0 Å². The van der Waals surface area contributed by atoms with Crippen molar-refractivity contribution in [2.45, 2.75) is 45.3 Å². The standard InChI is InChI=1S/C19H28N4O/c1-16-21-20-15-23(16)14-13-22-11-9-18(10-12-22)19(24)8-7-17-5-3-2-4-6-17/h2-6,15,18-19,24H,7-14H2,1H3. The lowest BCUT2D eigenvalue weighted by atomic mass is 9.88. The molecule has 5 nitrogen and oxygen atoms in total. The van der Waals surface area contributed by atoms with E-state index in [4.69, 9.17) is 0 Å². The number of aromatic nitrogens is 3. The monoisotopic (exact) mass is 328 g/mol. The number of hydrogen-bond donors (Lipinski definition) is 1. The second-order valence-electron chi connectivity index (χ2n) is 6.84. The van der Waals surface area contributed by atoms with Gasteiger partial charge in [0.2, 0.25) is 0 Å². The molecule has 1 aliphatic heterocycles. The van der Waals surface area contributed by atoms with Crippen molar-refractivity contribution < 1.29 is 5.11 Å². The number of nitrogens with zero attached hydrogens (tertiary/aromatic N) is 4. The molecule has 0 spiro atoms. The molecule has 1 aromatic carbocycles. The molecule has 0 amide bonds. The van der Waals surface area contributed by atoms with E-state index in [1.165, 1.54) is 5.56 Å². The maximum absolute atomic E-state index is 10.5. The molecule has 1 aromatic heterocycles. The zero-order chi connectivity index (χ0) is 16.8. The zero-order valence-corrected chi connectivity index (χ0v) is 14.5. The summed E-state index contributed by atoms with van der Waals surface area (Å²) in [6.45, 7) is 6.12. The first kappa shape index (κ1) is 17.1. The topological polar surface area (TPSA) is 54.2 Å². The van der Waals surface area contributed by atoms with Crippen molar-refractivity contribution in [3.63, 3.8) is 0 Å². The molecular formula is C19H28N4O. The smallest absolute Gasteiger partial charge is 0.129 e. The average Bonchev–Trinajstić information content (AvgIpc) is 3.04. The van der Waals surface area contributed by atoms with E-state index in [0.717, 1.165) is 57.7 Å². The van der Waals surface area contributed by atoms with Crippen molar-refractivity contribution in [3.05, 3.63) is 48.0 Å². The highest BCUT2D eigenvalue weighted by atomic mass is 16.3. The lowest BCUT2D eigenvalue weighted by molar-refractivity contribution is 0.0530. The maximum Gasteiger partial charge on any atom is 0.129 e. The SMILES string of the molecule is Cc1nncn1CCN1CCC(C(O)CCc2ccccc2)CC1. The van der Waals surface area contributed by atoms with Crippen LogP contribution in [-0.4, -0.2) is 50.5 Å². The number of piperidine rings is 1. The fraction of sp³-hybridized carbons (Fsp3) is 0.579. The highest BCUT2D eigenvalue weighted by Crippen LogP contribution is 2.23. The number of benzene rings is 1. The van der Waals surface area contributed by atoms with Gasteiger partial charge < -0.3 is 14.6 Å². The summed E-state index contributed by atoms with van der Waals surface area (Å²) < 4.78 is 2.10. The Morgan fingerprint density at radius 2 is 1.92 bits per heavy atom. The van der Waals surface area contributed by atoms with Gasteiger partial charge in [-0.3, -0.25) is 0 Å². The van der Waals surface area contributed by atoms with Crippen LogP contribution in [0.2, 0.25) is 0 Å². The summed E-state index contributed by atoms with van der Waals surface area (Å²) in [7, 11) is 0. The summed E-state index contributed by atoms with van der Waals surface area (Å²) in [5, 5.41) is 18.4. The fourth-order valence-corrected chi connectivity index (χ4v) is 3.54. The Bertz CT molecular complexity index is 605. The minimum atomic E-state index is -0.174. The van der Waals surface area contributed by atoms with Gasteiger partial charge >= 0.3 is 0 Å². The van der Waals surface area contributed by atoms with Crippen molar-refractivity contribution in [2.75, 3.05) is 19.6 Å². The summed E-state index contributed by atoms with van der Waals surface area (Å²) in [5.74, 6) is 1.42. The molecule has 1 saturated heterocycles. The van der Waals surface area contributed by atoms with Crippen molar-refractivity contribution in [2.24, 2.45) is 5.92 Å². The minimum absolute atomic E-state index is 0.174. The zero-order valence-electron chi connectivity index (χ0n) is 14.5. The molecule has 0 saturated carbocycles. The van der Waals surface area contributed by atoms with Gasteiger partial charge in [0, 0.05) is 13.1 Å². The lowest BCUT2D eigenvalue weighted by Crippen LogP contribution is -2.39. The van der Waals surface area contributed by atoms with Gasteiger partial charge in [0.15, 0.2) is 0 Å². The van der Waals surface area contributed by atoms with Crippen LogP contribution >= 0.6 is 0 Å². The fourth-order valence-electron chi connectivity index (χ4n) is 3.54. The highest BCUT2D eigenvalue weighted by Gasteiger charge is 2.24. The molecule has 2 aromatic rings. The second kappa shape index (κ2) is 8.40. The summed E-state index contributed by atoms with van der Waals surface area (Å²) in [4.78, 5) is 2.49. The van der Waals surface area contributed by atoms with E-state index < -0.39 is 0 Å². The predicted molar refractivity (Wildman–Crippen MR) is 94.7 cm³/mol. The van der Waals surface area contributed by atoms with Gasteiger partial charge in [-0.2, -0.15) is 0 Å². The molecule has 1 N–H and O–H groups in total. The Morgan fingerprint density at radius 1 is 1.17 bits per heavy atom. The van der Waals surface area contributed by atoms with Gasteiger partial charge in [-0.05, 0) is 57.2 Å². The Kier molecular flexibility index (Phi) is 5.99. The molecule has 24 heavy (non-hydrogen) atoms. The second-order valence-corrected chi connectivity index (χ2v) is 6.84. The van der Waals surface area contributed by atoms with E-state index in [-0.39, 0.29) is 6.10 Å². The molecule has 1 atom stereocenters. The van der Waals surface area contributed by atoms with Gasteiger partial charge in [-0.15, -0.1) is 10.2 Å². The van der Waals surface area contributed by atoms with Crippen LogP contribution in [-0.2, 0) is 13.0 Å². The van der Waals surface area contributed by atoms with Crippen molar-refractivity contribution in [1.82, 2.24) is 19.7 Å². The van der Waals surface area contributed by atoms with E-state index in [9.17, 15) is 5.11 Å². The Balaban J connectivity index is 1.37. The third-order valence-corrected chi connectivity index (χ3v) is 5.21. The van der Waals surface area contributed by atoms with Gasteiger partial charge in [0.25, 0.3) is 0 Å². The molecule has 0 bridgehead atoms. The van der Waals surface area contributed by atoms with Crippen LogP contribution in [0.25, 0.3) is 0 Å². The van der Waals surface area contributed by atoms with Crippen LogP contribution in [0, 0.1) is 12.8 Å². The molecule has 2 heterocycles. The van der Waals surface area contributed by atoms with E-state index in [2.05, 4.69) is 43.9 Å². The number of aryl methyl sites for hydroxylation is 2. The van der Waals surface area contributed by atoms with Crippen LogP contribution in [0.3, 0.4) is 0 Å². The van der Waals surface area contributed by atoms with E-state index in [1.54, 1.807) is 6.33 Å². The minimum Gasteiger partial charge on any atom is -0.393 e. The van der Waals surface area contributed by atoms with E-state index >= 15 is 0 Å². The van der Waals surface area contributed by atoms with Gasteiger partial charge in [0.05, 0.1) is 6.10 Å². The van der Waals surface area contributed by atoms with Crippen LogP contribution in [0.15, 0.2) is 36.7 Å². The summed E-state index contributed by atoms with van der Waals surface area (Å²) in [6, 6.07) is 10.5.